The van der Waals surface area contributed by atoms with Gasteiger partial charge >= 0.3 is 0 Å². The minimum Gasteiger partial charge on any atom is -0.394 e. The molecule has 25 heavy (non-hydrogen) atoms. The molecule has 0 aromatic heterocycles. The highest BCUT2D eigenvalue weighted by atomic mass is 16.7. The second-order valence-corrected chi connectivity index (χ2v) is 5.57. The topological polar surface area (TPSA) is 190 Å². The van der Waals surface area contributed by atoms with Gasteiger partial charge in [-0.05, 0) is 0 Å². The van der Waals surface area contributed by atoms with Crippen molar-refractivity contribution in [3.05, 3.63) is 0 Å². The fourth-order valence-electron chi connectivity index (χ4n) is 2.46. The number of hydrogen-bond donors (Lipinski definition) is 8. The number of aliphatic hydroxyl groups excluding tert-OH is 8. The molecule has 0 bridgehead atoms. The van der Waals surface area contributed by atoms with Gasteiger partial charge in [-0.1, -0.05) is 13.8 Å². The average molecular weight is 372 g/mol. The van der Waals surface area contributed by atoms with Crippen molar-refractivity contribution < 1.29 is 55.1 Å². The highest BCUT2D eigenvalue weighted by molar-refractivity contribution is 4.91. The second-order valence-electron chi connectivity index (χ2n) is 5.57. The van der Waals surface area contributed by atoms with Crippen LogP contribution >= 0.6 is 0 Å². The Hall–Kier alpha value is -0.440. The number of hydrogen-bond acceptors (Lipinski definition) is 11. The van der Waals surface area contributed by atoms with E-state index in [1.54, 1.807) is 0 Å². The van der Waals surface area contributed by atoms with Crippen LogP contribution in [0.15, 0.2) is 0 Å². The molecule has 10 atom stereocenters. The van der Waals surface area contributed by atoms with Crippen LogP contribution in [0.3, 0.4) is 0 Å². The van der Waals surface area contributed by atoms with E-state index in [4.69, 9.17) is 19.3 Å². The standard InChI is InChI=1S/C12H22O11.C2H6/c13-1-3-5(14)8(17)10(19)12(23-3)21-2-4-6(15)7(16)9(18)11(20)22-4;1-2/h3-20H,1-2H2;1-2H3. The summed E-state index contributed by atoms with van der Waals surface area (Å²) in [6.07, 6.45) is -15.3. The summed E-state index contributed by atoms with van der Waals surface area (Å²) in [5.41, 5.74) is 0. The van der Waals surface area contributed by atoms with Crippen molar-refractivity contribution in [1.82, 2.24) is 0 Å². The monoisotopic (exact) mass is 372 g/mol. The van der Waals surface area contributed by atoms with Crippen LogP contribution in [0.5, 0.6) is 0 Å². The van der Waals surface area contributed by atoms with Crippen LogP contribution in [0.25, 0.3) is 0 Å². The first-order chi connectivity index (χ1) is 11.8. The molecular weight excluding hydrogens is 344 g/mol. The Labute approximate surface area is 144 Å². The molecule has 0 aliphatic carbocycles. The molecule has 0 spiro atoms. The first-order valence-electron chi connectivity index (χ1n) is 8.07. The van der Waals surface area contributed by atoms with Crippen LogP contribution in [0.4, 0.5) is 0 Å². The smallest absolute Gasteiger partial charge is 0.186 e. The fourth-order valence-corrected chi connectivity index (χ4v) is 2.46. The van der Waals surface area contributed by atoms with E-state index >= 15 is 0 Å². The van der Waals surface area contributed by atoms with Crippen LogP contribution in [0.2, 0.25) is 0 Å². The van der Waals surface area contributed by atoms with Gasteiger partial charge in [-0.3, -0.25) is 0 Å². The molecule has 11 heteroatoms. The van der Waals surface area contributed by atoms with Crippen molar-refractivity contribution in [2.45, 2.75) is 75.3 Å². The molecule has 2 fully saturated rings. The molecule has 2 saturated heterocycles. The maximum Gasteiger partial charge on any atom is 0.186 e. The Morgan fingerprint density at radius 2 is 1.20 bits per heavy atom. The minimum atomic E-state index is -1.74. The lowest BCUT2D eigenvalue weighted by atomic mass is 9.98. The summed E-state index contributed by atoms with van der Waals surface area (Å²) in [4.78, 5) is 0. The highest BCUT2D eigenvalue weighted by Crippen LogP contribution is 2.24. The van der Waals surface area contributed by atoms with E-state index in [1.165, 1.54) is 0 Å². The number of ether oxygens (including phenoxy) is 3. The number of rotatable bonds is 4. The zero-order chi connectivity index (χ0) is 19.3. The van der Waals surface area contributed by atoms with Gasteiger partial charge in [0.05, 0.1) is 13.2 Å². The molecule has 0 amide bonds. The third-order valence-corrected chi connectivity index (χ3v) is 3.96. The Kier molecular flexibility index (Phi) is 9.08. The summed E-state index contributed by atoms with van der Waals surface area (Å²) in [5, 5.41) is 76.1. The molecule has 2 rings (SSSR count). The van der Waals surface area contributed by atoms with Gasteiger partial charge in [0.25, 0.3) is 0 Å². The summed E-state index contributed by atoms with van der Waals surface area (Å²) < 4.78 is 15.1. The lowest BCUT2D eigenvalue weighted by Gasteiger charge is -2.41. The van der Waals surface area contributed by atoms with Gasteiger partial charge in [0, 0.05) is 0 Å². The molecule has 8 N–H and O–H groups in total. The molecule has 11 nitrogen and oxygen atoms in total. The third-order valence-electron chi connectivity index (χ3n) is 3.96. The zero-order valence-electron chi connectivity index (χ0n) is 14.0. The van der Waals surface area contributed by atoms with Gasteiger partial charge in [-0.2, -0.15) is 0 Å². The van der Waals surface area contributed by atoms with Crippen LogP contribution in [-0.4, -0.2) is 115 Å². The van der Waals surface area contributed by atoms with Gasteiger partial charge in [0.1, 0.15) is 48.8 Å². The van der Waals surface area contributed by atoms with Gasteiger partial charge in [-0.15, -0.1) is 0 Å². The SMILES string of the molecule is CC.OCC1OC(OCC2OC(O)C(O)C(O)C2O)C(O)C(O)C1O. The summed E-state index contributed by atoms with van der Waals surface area (Å²) in [7, 11) is 0. The quantitative estimate of drug-likeness (QED) is 0.238. The molecule has 0 aromatic carbocycles. The van der Waals surface area contributed by atoms with Crippen molar-refractivity contribution >= 4 is 0 Å². The van der Waals surface area contributed by atoms with Crippen molar-refractivity contribution in [3.63, 3.8) is 0 Å². The van der Waals surface area contributed by atoms with Gasteiger partial charge in [0.2, 0.25) is 0 Å². The second kappa shape index (κ2) is 10.0. The van der Waals surface area contributed by atoms with Crippen molar-refractivity contribution in [2.75, 3.05) is 13.2 Å². The Morgan fingerprint density at radius 3 is 1.76 bits per heavy atom. The molecule has 2 aliphatic heterocycles. The predicted molar refractivity (Wildman–Crippen MR) is 80.0 cm³/mol. The van der Waals surface area contributed by atoms with Crippen LogP contribution in [0, 0.1) is 0 Å². The van der Waals surface area contributed by atoms with E-state index in [0.29, 0.717) is 0 Å². The van der Waals surface area contributed by atoms with Gasteiger partial charge < -0.3 is 55.1 Å². The molecular formula is C14H28O11. The number of aliphatic hydroxyl groups is 8. The van der Waals surface area contributed by atoms with Crippen LogP contribution in [-0.2, 0) is 14.2 Å². The fraction of sp³-hybridized carbons (Fsp3) is 1.00. The highest BCUT2D eigenvalue weighted by Gasteiger charge is 2.46. The predicted octanol–water partition coefficient (Wildman–Crippen LogP) is -4.37. The molecule has 10 unspecified atom stereocenters. The third kappa shape index (κ3) is 5.05. The normalized spacial score (nSPS) is 47.8. The van der Waals surface area contributed by atoms with Crippen LogP contribution in [0.1, 0.15) is 13.8 Å². The zero-order valence-corrected chi connectivity index (χ0v) is 14.0. The molecule has 2 heterocycles. The molecule has 150 valence electrons. The Balaban J connectivity index is 0.00000151. The maximum absolute atomic E-state index is 9.78. The molecule has 2 aliphatic rings. The summed E-state index contributed by atoms with van der Waals surface area (Å²) in [6.45, 7) is 2.90. The van der Waals surface area contributed by atoms with E-state index in [1.807, 2.05) is 13.8 Å². The summed E-state index contributed by atoms with van der Waals surface area (Å²) in [5.74, 6) is 0. The lowest BCUT2D eigenvalue weighted by Crippen LogP contribution is -2.61. The first-order valence-corrected chi connectivity index (χ1v) is 8.07. The lowest BCUT2D eigenvalue weighted by molar-refractivity contribution is -0.325. The largest absolute Gasteiger partial charge is 0.394 e. The summed E-state index contributed by atoms with van der Waals surface area (Å²) >= 11 is 0. The van der Waals surface area contributed by atoms with Crippen LogP contribution < -0.4 is 0 Å². The van der Waals surface area contributed by atoms with Gasteiger partial charge in [-0.25, -0.2) is 0 Å². The Morgan fingerprint density at radius 1 is 0.680 bits per heavy atom. The van der Waals surface area contributed by atoms with Crippen molar-refractivity contribution in [2.24, 2.45) is 0 Å². The molecule has 0 aromatic rings. The van der Waals surface area contributed by atoms with Crippen molar-refractivity contribution in [3.8, 4) is 0 Å². The van der Waals surface area contributed by atoms with E-state index in [2.05, 4.69) is 0 Å². The van der Waals surface area contributed by atoms with Gasteiger partial charge in [0.15, 0.2) is 12.6 Å². The minimum absolute atomic E-state index is 0.468. The summed E-state index contributed by atoms with van der Waals surface area (Å²) in [6, 6.07) is 0. The molecule has 0 saturated carbocycles. The van der Waals surface area contributed by atoms with Crippen molar-refractivity contribution in [1.29, 1.82) is 0 Å². The molecule has 0 radical (unpaired) electrons. The van der Waals surface area contributed by atoms with E-state index in [-0.39, 0.29) is 0 Å². The average Bonchev–Trinajstić information content (AvgIpc) is 2.63. The van der Waals surface area contributed by atoms with E-state index < -0.39 is 74.6 Å². The Bertz CT molecular complexity index is 382. The van der Waals surface area contributed by atoms with E-state index in [0.717, 1.165) is 0 Å². The maximum atomic E-state index is 9.78. The first kappa shape index (κ1) is 22.6. The van der Waals surface area contributed by atoms with E-state index in [9.17, 15) is 35.7 Å².